The van der Waals surface area contributed by atoms with E-state index in [1.807, 2.05) is 4.57 Å². The fraction of sp³-hybridized carbons (Fsp3) is 0.211. The van der Waals surface area contributed by atoms with Crippen molar-refractivity contribution < 1.29 is 9.59 Å². The molecule has 0 saturated heterocycles. The van der Waals surface area contributed by atoms with Crippen molar-refractivity contribution in [3.05, 3.63) is 58.3 Å². The van der Waals surface area contributed by atoms with Crippen LogP contribution < -0.4 is 5.32 Å². The molecule has 26 heavy (non-hydrogen) atoms. The molecule has 3 aromatic rings. The van der Waals surface area contributed by atoms with Gasteiger partial charge in [-0.05, 0) is 30.2 Å². The molecule has 0 aliphatic heterocycles. The van der Waals surface area contributed by atoms with E-state index in [2.05, 4.69) is 24.1 Å². The minimum atomic E-state index is -0.799. The maximum atomic E-state index is 12.7. The predicted octanol–water partition coefficient (Wildman–Crippen LogP) is 4.82. The summed E-state index contributed by atoms with van der Waals surface area (Å²) in [6.07, 6.45) is 3.34. The zero-order valence-corrected chi connectivity index (χ0v) is 15.8. The van der Waals surface area contributed by atoms with Gasteiger partial charge in [0.05, 0.1) is 21.3 Å². The van der Waals surface area contributed by atoms with E-state index in [4.69, 9.17) is 23.2 Å². The van der Waals surface area contributed by atoms with E-state index >= 15 is 0 Å². The summed E-state index contributed by atoms with van der Waals surface area (Å²) in [5.41, 5.74) is 1.20. The van der Waals surface area contributed by atoms with Gasteiger partial charge in [0.15, 0.2) is 0 Å². The number of amides is 1. The van der Waals surface area contributed by atoms with Crippen molar-refractivity contribution in [2.24, 2.45) is 5.92 Å². The van der Waals surface area contributed by atoms with E-state index in [9.17, 15) is 9.59 Å². The quantitative estimate of drug-likeness (QED) is 0.502. The van der Waals surface area contributed by atoms with Crippen LogP contribution in [0.15, 0.2) is 42.7 Å². The summed E-state index contributed by atoms with van der Waals surface area (Å²) in [7, 11) is 0. The van der Waals surface area contributed by atoms with Crippen LogP contribution >= 0.6 is 23.2 Å². The van der Waals surface area contributed by atoms with Gasteiger partial charge in [0, 0.05) is 24.3 Å². The number of ketones is 1. The molecule has 0 saturated carbocycles. The molecule has 0 fully saturated rings. The van der Waals surface area contributed by atoms with E-state index in [0.29, 0.717) is 29.1 Å². The van der Waals surface area contributed by atoms with Crippen LogP contribution in [-0.4, -0.2) is 21.2 Å². The number of Topliss-reactive ketones (excluding diaryl/α,β-unsaturated/α-hetero) is 1. The molecule has 3 rings (SSSR count). The van der Waals surface area contributed by atoms with Crippen LogP contribution in [0.3, 0.4) is 0 Å². The summed E-state index contributed by atoms with van der Waals surface area (Å²) in [6.45, 7) is 4.84. The summed E-state index contributed by atoms with van der Waals surface area (Å²) >= 11 is 12.1. The van der Waals surface area contributed by atoms with Gasteiger partial charge in [-0.3, -0.25) is 9.59 Å². The number of nitrogens with one attached hydrogen (secondary N) is 1. The molecule has 1 aromatic carbocycles. The lowest BCUT2D eigenvalue weighted by atomic mass is 10.1. The normalized spacial score (nSPS) is 11.1. The highest BCUT2D eigenvalue weighted by Gasteiger charge is 2.23. The second kappa shape index (κ2) is 7.48. The Balaban J connectivity index is 1.96. The number of para-hydroxylation sites is 1. The summed E-state index contributed by atoms with van der Waals surface area (Å²) in [4.78, 5) is 29.6. The molecule has 2 aromatic heterocycles. The minimum absolute atomic E-state index is 0.221. The maximum Gasteiger partial charge on any atom is 0.296 e. The van der Waals surface area contributed by atoms with Gasteiger partial charge in [-0.2, -0.15) is 0 Å². The highest BCUT2D eigenvalue weighted by atomic mass is 35.5. The lowest BCUT2D eigenvalue weighted by Gasteiger charge is -2.08. The lowest BCUT2D eigenvalue weighted by Crippen LogP contribution is -2.23. The Morgan fingerprint density at radius 3 is 2.50 bits per heavy atom. The van der Waals surface area contributed by atoms with Crippen LogP contribution in [-0.2, 0) is 11.3 Å². The summed E-state index contributed by atoms with van der Waals surface area (Å²) in [5.74, 6) is -1.10. The predicted molar refractivity (Wildman–Crippen MR) is 104 cm³/mol. The Kier molecular flexibility index (Phi) is 5.30. The number of nitrogens with zero attached hydrogens (tertiary/aromatic N) is 2. The third-order valence-electron chi connectivity index (χ3n) is 3.85. The third-order valence-corrected chi connectivity index (χ3v) is 4.48. The summed E-state index contributed by atoms with van der Waals surface area (Å²) < 4.78 is 1.89. The fourth-order valence-electron chi connectivity index (χ4n) is 2.75. The molecule has 0 aliphatic carbocycles. The Morgan fingerprint density at radius 2 is 1.85 bits per heavy atom. The van der Waals surface area contributed by atoms with Gasteiger partial charge in [0.1, 0.15) is 5.65 Å². The van der Waals surface area contributed by atoms with Crippen LogP contribution in [0.25, 0.3) is 11.0 Å². The smallest absolute Gasteiger partial charge is 0.296 e. The first-order valence-electron chi connectivity index (χ1n) is 8.12. The fourth-order valence-corrected chi connectivity index (χ4v) is 3.24. The number of anilines is 1. The van der Waals surface area contributed by atoms with Crippen molar-refractivity contribution in [3.63, 3.8) is 0 Å². The number of rotatable bonds is 5. The molecule has 2 heterocycles. The SMILES string of the molecule is CC(C)Cn1cc(C(=O)C(=O)Nc2c(Cl)cccc2Cl)c2cccnc21. The van der Waals surface area contributed by atoms with E-state index in [1.165, 1.54) is 0 Å². The third kappa shape index (κ3) is 3.59. The molecule has 0 spiro atoms. The maximum absolute atomic E-state index is 12.7. The summed E-state index contributed by atoms with van der Waals surface area (Å²) in [6, 6.07) is 8.36. The highest BCUT2D eigenvalue weighted by molar-refractivity contribution is 6.50. The van der Waals surface area contributed by atoms with Crippen LogP contribution in [0.2, 0.25) is 10.0 Å². The van der Waals surface area contributed by atoms with Crippen LogP contribution in [0, 0.1) is 5.92 Å². The molecule has 1 amide bonds. The molecule has 0 aliphatic rings. The number of pyridine rings is 1. The average molecular weight is 390 g/mol. The Hall–Kier alpha value is -2.37. The first-order valence-corrected chi connectivity index (χ1v) is 8.87. The van der Waals surface area contributed by atoms with Crippen molar-refractivity contribution in [1.82, 2.24) is 9.55 Å². The second-order valence-electron chi connectivity index (χ2n) is 6.34. The Morgan fingerprint density at radius 1 is 1.15 bits per heavy atom. The molecular formula is C19H17Cl2N3O2. The van der Waals surface area contributed by atoms with Crippen molar-refractivity contribution >= 4 is 51.6 Å². The zero-order chi connectivity index (χ0) is 18.8. The molecule has 0 radical (unpaired) electrons. The number of hydrogen-bond donors (Lipinski definition) is 1. The number of halogens is 2. The Bertz CT molecular complexity index is 975. The van der Waals surface area contributed by atoms with E-state index in [0.717, 1.165) is 0 Å². The van der Waals surface area contributed by atoms with E-state index < -0.39 is 11.7 Å². The number of carbonyl (C=O) groups excluding carboxylic acids is 2. The molecule has 5 nitrogen and oxygen atoms in total. The van der Waals surface area contributed by atoms with Gasteiger partial charge in [-0.1, -0.05) is 43.1 Å². The minimum Gasteiger partial charge on any atom is -0.331 e. The van der Waals surface area contributed by atoms with Crippen molar-refractivity contribution in [2.45, 2.75) is 20.4 Å². The first-order chi connectivity index (χ1) is 12.4. The zero-order valence-electron chi connectivity index (χ0n) is 14.3. The molecular weight excluding hydrogens is 373 g/mol. The van der Waals surface area contributed by atoms with Crippen LogP contribution in [0.4, 0.5) is 5.69 Å². The van der Waals surface area contributed by atoms with Gasteiger partial charge in [-0.25, -0.2) is 4.98 Å². The highest BCUT2D eigenvalue weighted by Crippen LogP contribution is 2.30. The van der Waals surface area contributed by atoms with Crippen LogP contribution in [0.5, 0.6) is 0 Å². The van der Waals surface area contributed by atoms with Crippen molar-refractivity contribution in [1.29, 1.82) is 0 Å². The van der Waals surface area contributed by atoms with Gasteiger partial charge in [-0.15, -0.1) is 0 Å². The van der Waals surface area contributed by atoms with Gasteiger partial charge < -0.3 is 9.88 Å². The monoisotopic (exact) mass is 389 g/mol. The molecule has 7 heteroatoms. The first kappa shape index (κ1) is 18.4. The number of carbonyl (C=O) groups is 2. The second-order valence-corrected chi connectivity index (χ2v) is 7.16. The topological polar surface area (TPSA) is 64.0 Å². The summed E-state index contributed by atoms with van der Waals surface area (Å²) in [5, 5.41) is 3.68. The van der Waals surface area contributed by atoms with Gasteiger partial charge in [0.25, 0.3) is 11.7 Å². The van der Waals surface area contributed by atoms with Crippen molar-refractivity contribution in [2.75, 3.05) is 5.32 Å². The van der Waals surface area contributed by atoms with Gasteiger partial charge in [0.2, 0.25) is 0 Å². The number of benzene rings is 1. The molecule has 0 unspecified atom stereocenters. The average Bonchev–Trinajstić information content (AvgIpc) is 2.95. The molecule has 134 valence electrons. The van der Waals surface area contributed by atoms with Crippen LogP contribution in [0.1, 0.15) is 24.2 Å². The lowest BCUT2D eigenvalue weighted by molar-refractivity contribution is -0.112. The van der Waals surface area contributed by atoms with Crippen molar-refractivity contribution in [3.8, 4) is 0 Å². The number of aromatic nitrogens is 2. The standard InChI is InChI=1S/C19H17Cl2N3O2/c1-11(2)9-24-10-13(12-5-4-8-22-18(12)24)17(25)19(26)23-16-14(20)6-3-7-15(16)21/h3-8,10-11H,9H2,1-2H3,(H,23,26). The molecule has 1 N–H and O–H groups in total. The van der Waals surface area contributed by atoms with E-state index in [-0.39, 0.29) is 15.7 Å². The van der Waals surface area contributed by atoms with Gasteiger partial charge >= 0.3 is 0 Å². The number of fused-ring (bicyclic) bond motifs is 1. The van der Waals surface area contributed by atoms with E-state index in [1.54, 1.807) is 42.7 Å². The molecule has 0 atom stereocenters. The largest absolute Gasteiger partial charge is 0.331 e. The molecule has 0 bridgehead atoms. The number of hydrogen-bond acceptors (Lipinski definition) is 3. The Labute approximate surface area is 160 Å².